The first-order chi connectivity index (χ1) is 19.5. The number of fused-ring (bicyclic) bond motifs is 3. The number of ether oxygens (including phenoxy) is 1. The Kier molecular flexibility index (Phi) is 7.24. The summed E-state index contributed by atoms with van der Waals surface area (Å²) in [7, 11) is 0. The zero-order valence-corrected chi connectivity index (χ0v) is 22.5. The quantitative estimate of drug-likeness (QED) is 0.315. The Morgan fingerprint density at radius 1 is 1.05 bits per heavy atom. The van der Waals surface area contributed by atoms with E-state index in [0.29, 0.717) is 49.5 Å². The monoisotopic (exact) mass is 535 g/mol. The van der Waals surface area contributed by atoms with E-state index in [4.69, 9.17) is 4.74 Å². The summed E-state index contributed by atoms with van der Waals surface area (Å²) in [4.78, 5) is 28.5. The van der Waals surface area contributed by atoms with Crippen molar-refractivity contribution in [2.45, 2.75) is 45.1 Å². The third kappa shape index (κ3) is 5.06. The van der Waals surface area contributed by atoms with E-state index in [2.05, 4.69) is 41.0 Å². The van der Waals surface area contributed by atoms with E-state index in [-0.39, 0.29) is 24.4 Å². The largest absolute Gasteiger partial charge is 0.493 e. The van der Waals surface area contributed by atoms with Crippen LogP contribution in [0.3, 0.4) is 0 Å². The lowest BCUT2D eigenvalue weighted by atomic mass is 9.93. The smallest absolute Gasteiger partial charge is 0.255 e. The molecule has 2 amide bonds. The van der Waals surface area contributed by atoms with Crippen molar-refractivity contribution in [2.75, 3.05) is 13.2 Å². The number of hydrogen-bond donors (Lipinski definition) is 3. The minimum Gasteiger partial charge on any atom is -0.493 e. The molecule has 7 nitrogen and oxygen atoms in total. The van der Waals surface area contributed by atoms with Crippen molar-refractivity contribution < 1.29 is 19.4 Å². The lowest BCUT2D eigenvalue weighted by Gasteiger charge is -2.30. The number of carbonyl (C=O) groups excluding carboxylic acids is 2. The van der Waals surface area contributed by atoms with Crippen molar-refractivity contribution in [3.8, 4) is 5.75 Å². The molecule has 2 aliphatic rings. The van der Waals surface area contributed by atoms with E-state index < -0.39 is 6.10 Å². The van der Waals surface area contributed by atoms with Gasteiger partial charge in [-0.2, -0.15) is 0 Å². The molecule has 4 aromatic rings. The van der Waals surface area contributed by atoms with E-state index in [0.717, 1.165) is 21.9 Å². The predicted molar refractivity (Wildman–Crippen MR) is 154 cm³/mol. The van der Waals surface area contributed by atoms with Gasteiger partial charge in [0.1, 0.15) is 5.75 Å². The molecule has 0 bridgehead atoms. The topological polar surface area (TPSA) is 90.9 Å². The molecule has 0 fully saturated rings. The molecule has 0 saturated carbocycles. The van der Waals surface area contributed by atoms with Gasteiger partial charge in [0.2, 0.25) is 0 Å². The molecule has 4 aromatic carbocycles. The Morgan fingerprint density at radius 3 is 2.67 bits per heavy atom. The SMILES string of the molecule is CCOc1cc2c(cc1C(=O)NC[C@@H](O)[C@@H]1Cc3ccccc3CN1)CN(Cc1cccc3ccccc13)C2=O. The molecule has 0 aromatic heterocycles. The van der Waals surface area contributed by atoms with Crippen molar-refractivity contribution in [3.63, 3.8) is 0 Å². The van der Waals surface area contributed by atoms with Gasteiger partial charge in [-0.25, -0.2) is 0 Å². The second-order valence-electron chi connectivity index (χ2n) is 10.5. The van der Waals surface area contributed by atoms with Crippen molar-refractivity contribution >= 4 is 22.6 Å². The molecule has 0 radical (unpaired) electrons. The Bertz CT molecular complexity index is 1580. The summed E-state index contributed by atoms with van der Waals surface area (Å²) < 4.78 is 5.80. The van der Waals surface area contributed by atoms with Gasteiger partial charge < -0.3 is 25.4 Å². The van der Waals surface area contributed by atoms with Gasteiger partial charge in [-0.05, 0) is 58.5 Å². The van der Waals surface area contributed by atoms with E-state index in [1.54, 1.807) is 17.0 Å². The summed E-state index contributed by atoms with van der Waals surface area (Å²) >= 11 is 0. The van der Waals surface area contributed by atoms with Crippen molar-refractivity contribution in [2.24, 2.45) is 0 Å². The van der Waals surface area contributed by atoms with Crippen LogP contribution < -0.4 is 15.4 Å². The van der Waals surface area contributed by atoms with Gasteiger partial charge in [0.15, 0.2) is 0 Å². The van der Waals surface area contributed by atoms with Gasteiger partial charge in [0.05, 0.1) is 18.3 Å². The molecule has 2 aliphatic heterocycles. The van der Waals surface area contributed by atoms with E-state index in [1.807, 2.05) is 43.3 Å². The highest BCUT2D eigenvalue weighted by atomic mass is 16.5. The summed E-state index contributed by atoms with van der Waals surface area (Å²) in [5, 5.41) is 19.4. The molecule has 2 atom stereocenters. The summed E-state index contributed by atoms with van der Waals surface area (Å²) in [5.41, 5.74) is 5.25. The third-order valence-electron chi connectivity index (χ3n) is 7.92. The van der Waals surface area contributed by atoms with Crippen LogP contribution in [0.25, 0.3) is 10.8 Å². The zero-order chi connectivity index (χ0) is 27.6. The van der Waals surface area contributed by atoms with Crippen molar-refractivity contribution in [1.29, 1.82) is 0 Å². The van der Waals surface area contributed by atoms with Gasteiger partial charge in [0.25, 0.3) is 11.8 Å². The first-order valence-corrected chi connectivity index (χ1v) is 13.8. The maximum Gasteiger partial charge on any atom is 0.255 e. The minimum atomic E-state index is -0.750. The summed E-state index contributed by atoms with van der Waals surface area (Å²) in [6.45, 7) is 3.89. The number of amides is 2. The average Bonchev–Trinajstić information content (AvgIpc) is 3.29. The fourth-order valence-electron chi connectivity index (χ4n) is 5.80. The number of benzene rings is 4. The second kappa shape index (κ2) is 11.1. The Hall–Kier alpha value is -4.20. The van der Waals surface area contributed by atoms with Crippen LogP contribution in [0, 0.1) is 0 Å². The van der Waals surface area contributed by atoms with Crippen LogP contribution >= 0.6 is 0 Å². The number of nitrogens with one attached hydrogen (secondary N) is 2. The molecule has 0 aliphatic carbocycles. The highest BCUT2D eigenvalue weighted by Gasteiger charge is 2.31. The number of aliphatic hydroxyl groups excluding tert-OH is 1. The van der Waals surface area contributed by atoms with Gasteiger partial charge in [-0.1, -0.05) is 66.7 Å². The molecule has 0 saturated heterocycles. The zero-order valence-electron chi connectivity index (χ0n) is 22.5. The fraction of sp³-hybridized carbons (Fsp3) is 0.273. The Labute approximate surface area is 233 Å². The predicted octanol–water partition coefficient (Wildman–Crippen LogP) is 4.20. The number of nitrogens with zero attached hydrogens (tertiary/aromatic N) is 1. The van der Waals surface area contributed by atoms with Gasteiger partial charge in [0, 0.05) is 37.8 Å². The summed E-state index contributed by atoms with van der Waals surface area (Å²) in [6.07, 6.45) is -0.0507. The molecule has 7 heteroatoms. The summed E-state index contributed by atoms with van der Waals surface area (Å²) in [6, 6.07) is 25.8. The summed E-state index contributed by atoms with van der Waals surface area (Å²) in [5.74, 6) is -0.0327. The van der Waals surface area contributed by atoms with Crippen LogP contribution in [0.2, 0.25) is 0 Å². The fourth-order valence-corrected chi connectivity index (χ4v) is 5.80. The Balaban J connectivity index is 1.17. The first-order valence-electron chi connectivity index (χ1n) is 13.8. The standard InChI is InChI=1S/C33H33N3O4/c1-2-40-31-16-27-25(20-36(33(27)39)19-24-12-7-11-21-8-5-6-13-26(21)24)14-28(31)32(38)35-18-30(37)29-15-22-9-3-4-10-23(22)17-34-29/h3-14,16,29-30,34,37H,2,15,17-20H2,1H3,(H,35,38)/t29-,30+/m0/s1. The molecule has 0 spiro atoms. The van der Waals surface area contributed by atoms with Crippen LogP contribution in [0.4, 0.5) is 0 Å². The molecule has 0 unspecified atom stereocenters. The van der Waals surface area contributed by atoms with E-state index >= 15 is 0 Å². The van der Waals surface area contributed by atoms with Crippen LogP contribution in [0.5, 0.6) is 5.75 Å². The van der Waals surface area contributed by atoms with Gasteiger partial charge in [-0.3, -0.25) is 9.59 Å². The van der Waals surface area contributed by atoms with E-state index in [9.17, 15) is 14.7 Å². The first kappa shape index (κ1) is 26.0. The molecule has 204 valence electrons. The molecule has 2 heterocycles. The van der Waals surface area contributed by atoms with Gasteiger partial charge in [-0.15, -0.1) is 0 Å². The lowest BCUT2D eigenvalue weighted by Crippen LogP contribution is -2.49. The lowest BCUT2D eigenvalue weighted by molar-refractivity contribution is 0.0766. The van der Waals surface area contributed by atoms with Crippen LogP contribution in [0.1, 0.15) is 49.9 Å². The number of rotatable bonds is 8. The van der Waals surface area contributed by atoms with Crippen LogP contribution in [-0.4, -0.2) is 47.1 Å². The van der Waals surface area contributed by atoms with Gasteiger partial charge >= 0.3 is 0 Å². The highest BCUT2D eigenvalue weighted by molar-refractivity contribution is 6.03. The molecule has 6 rings (SSSR count). The number of carbonyl (C=O) groups is 2. The van der Waals surface area contributed by atoms with E-state index in [1.165, 1.54) is 11.1 Å². The maximum atomic E-state index is 13.4. The normalized spacial score (nSPS) is 16.9. The third-order valence-corrected chi connectivity index (χ3v) is 7.92. The Morgan fingerprint density at radius 2 is 1.82 bits per heavy atom. The molecule has 3 N–H and O–H groups in total. The average molecular weight is 536 g/mol. The van der Waals surface area contributed by atoms with Crippen LogP contribution in [0.15, 0.2) is 78.9 Å². The molecular formula is C33H33N3O4. The maximum absolute atomic E-state index is 13.4. The molecule has 40 heavy (non-hydrogen) atoms. The van der Waals surface area contributed by atoms with Crippen molar-refractivity contribution in [3.05, 3.63) is 112 Å². The highest BCUT2D eigenvalue weighted by Crippen LogP contribution is 2.32. The number of aliphatic hydroxyl groups is 1. The minimum absolute atomic E-state index is 0.0741. The second-order valence-corrected chi connectivity index (χ2v) is 10.5. The van der Waals surface area contributed by atoms with Crippen molar-refractivity contribution in [1.82, 2.24) is 15.5 Å². The number of hydrogen-bond acceptors (Lipinski definition) is 5. The molecular weight excluding hydrogens is 502 g/mol. The van der Waals surface area contributed by atoms with Crippen LogP contribution in [-0.2, 0) is 26.1 Å².